The molecule has 0 radical (unpaired) electrons. The first-order chi connectivity index (χ1) is 13.7. The third-order valence-electron chi connectivity index (χ3n) is 5.61. The van der Waals surface area contributed by atoms with Crippen molar-refractivity contribution in [1.82, 2.24) is 0 Å². The number of hydrogen-bond donors (Lipinski definition) is 1. The fourth-order valence-corrected chi connectivity index (χ4v) is 4.52. The number of Topliss-reactive ketones (excluding diaryl/α,β-unsaturated/α-hetero) is 1. The first kappa shape index (κ1) is 17.3. The molecule has 1 unspecified atom stereocenters. The zero-order valence-corrected chi connectivity index (χ0v) is 15.3. The Balaban J connectivity index is 1.77. The molecule has 28 heavy (non-hydrogen) atoms. The molecule has 2 aromatic rings. The maximum atomic E-state index is 14.0. The number of β-amino-alcohol motifs (C(OH)–C–C–N with tert-alkyl or cyclic N) is 1. The Kier molecular flexibility index (Phi) is 4.09. The molecular formula is C22H20FNO4. The van der Waals surface area contributed by atoms with E-state index in [1.807, 2.05) is 23.1 Å². The number of fused-ring (bicyclic) bond motifs is 2. The van der Waals surface area contributed by atoms with Gasteiger partial charge in [-0.05, 0) is 35.7 Å². The molecule has 3 aliphatic rings. The van der Waals surface area contributed by atoms with Gasteiger partial charge in [-0.1, -0.05) is 12.1 Å². The average molecular weight is 381 g/mol. The number of benzene rings is 2. The Morgan fingerprint density at radius 3 is 2.64 bits per heavy atom. The van der Waals surface area contributed by atoms with Crippen LogP contribution in [0.3, 0.4) is 0 Å². The number of aliphatic hydroxyl groups excluding tert-OH is 1. The van der Waals surface area contributed by atoms with Crippen molar-refractivity contribution in [3.05, 3.63) is 64.6 Å². The second-order valence-corrected chi connectivity index (χ2v) is 7.20. The summed E-state index contributed by atoms with van der Waals surface area (Å²) in [6, 6.07) is 10.2. The smallest absolute Gasteiger partial charge is 0.163 e. The van der Waals surface area contributed by atoms with Gasteiger partial charge in [0.05, 0.1) is 6.61 Å². The van der Waals surface area contributed by atoms with Crippen LogP contribution in [0.15, 0.2) is 47.7 Å². The van der Waals surface area contributed by atoms with Gasteiger partial charge < -0.3 is 19.5 Å². The lowest BCUT2D eigenvalue weighted by Gasteiger charge is -2.38. The van der Waals surface area contributed by atoms with Crippen LogP contribution < -0.4 is 14.4 Å². The van der Waals surface area contributed by atoms with Gasteiger partial charge in [0.1, 0.15) is 19.0 Å². The highest BCUT2D eigenvalue weighted by Crippen LogP contribution is 2.52. The van der Waals surface area contributed by atoms with Gasteiger partial charge >= 0.3 is 0 Å². The second-order valence-electron chi connectivity index (χ2n) is 7.20. The molecule has 0 fully saturated rings. The first-order valence-corrected chi connectivity index (χ1v) is 9.51. The quantitative estimate of drug-likeness (QED) is 0.885. The van der Waals surface area contributed by atoms with Gasteiger partial charge in [-0.15, -0.1) is 0 Å². The summed E-state index contributed by atoms with van der Waals surface area (Å²) in [5.41, 5.74) is 4.10. The minimum absolute atomic E-state index is 0.0382. The van der Waals surface area contributed by atoms with E-state index in [1.54, 1.807) is 6.07 Å². The number of hydrogen-bond acceptors (Lipinski definition) is 5. The summed E-state index contributed by atoms with van der Waals surface area (Å²) in [5, 5.41) is 9.63. The maximum Gasteiger partial charge on any atom is 0.163 e. The summed E-state index contributed by atoms with van der Waals surface area (Å²) in [5.74, 6) is 0.667. The van der Waals surface area contributed by atoms with Crippen molar-refractivity contribution in [3.63, 3.8) is 0 Å². The summed E-state index contributed by atoms with van der Waals surface area (Å²) in [6.07, 6.45) is 1.05. The molecule has 1 N–H and O–H groups in total. The van der Waals surface area contributed by atoms with Crippen molar-refractivity contribution in [2.45, 2.75) is 18.8 Å². The lowest BCUT2D eigenvalue weighted by atomic mass is 9.80. The number of carbonyl (C=O) groups is 1. The molecule has 0 bridgehead atoms. The van der Waals surface area contributed by atoms with E-state index in [4.69, 9.17) is 9.47 Å². The molecule has 144 valence electrons. The Morgan fingerprint density at radius 2 is 1.89 bits per heavy atom. The number of ether oxygens (including phenoxy) is 2. The number of ketones is 1. The monoisotopic (exact) mass is 381 g/mol. The van der Waals surface area contributed by atoms with Crippen molar-refractivity contribution >= 4 is 11.5 Å². The molecule has 1 atom stereocenters. The van der Waals surface area contributed by atoms with E-state index in [0.717, 1.165) is 22.5 Å². The molecule has 0 spiro atoms. The summed E-state index contributed by atoms with van der Waals surface area (Å²) < 4.78 is 25.5. The number of anilines is 1. The summed E-state index contributed by atoms with van der Waals surface area (Å²) in [4.78, 5) is 14.8. The molecule has 5 nitrogen and oxygen atoms in total. The molecule has 5 rings (SSSR count). The molecule has 0 saturated heterocycles. The molecule has 2 aliphatic heterocycles. The van der Waals surface area contributed by atoms with Gasteiger partial charge in [0.25, 0.3) is 0 Å². The molecule has 6 heteroatoms. The molecule has 0 saturated carbocycles. The van der Waals surface area contributed by atoms with Crippen molar-refractivity contribution < 1.29 is 23.8 Å². The Bertz CT molecular complexity index is 1000. The molecule has 0 amide bonds. The van der Waals surface area contributed by atoms with Gasteiger partial charge in [-0.3, -0.25) is 4.79 Å². The predicted octanol–water partition coefficient (Wildman–Crippen LogP) is 3.16. The summed E-state index contributed by atoms with van der Waals surface area (Å²) in [6.45, 7) is 1.29. The van der Waals surface area contributed by atoms with Gasteiger partial charge in [-0.25, -0.2) is 4.39 Å². The van der Waals surface area contributed by atoms with Crippen LogP contribution in [0.5, 0.6) is 11.5 Å². The lowest BCUT2D eigenvalue weighted by Crippen LogP contribution is -2.33. The van der Waals surface area contributed by atoms with Crippen molar-refractivity contribution in [2.24, 2.45) is 0 Å². The topological polar surface area (TPSA) is 59.0 Å². The third kappa shape index (κ3) is 2.59. The molecule has 1 aliphatic carbocycles. The zero-order chi connectivity index (χ0) is 19.3. The number of allylic oxidation sites excluding steroid dienone is 2. The fraction of sp³-hybridized carbons (Fsp3) is 0.318. The third-order valence-corrected chi connectivity index (χ3v) is 5.61. The minimum atomic E-state index is -0.360. The van der Waals surface area contributed by atoms with Crippen LogP contribution >= 0.6 is 0 Å². The second kappa shape index (κ2) is 6.63. The van der Waals surface area contributed by atoms with Crippen LogP contribution in [-0.4, -0.2) is 37.3 Å². The predicted molar refractivity (Wildman–Crippen MR) is 101 cm³/mol. The Morgan fingerprint density at radius 1 is 1.11 bits per heavy atom. The van der Waals surface area contributed by atoms with E-state index in [2.05, 4.69) is 0 Å². The van der Waals surface area contributed by atoms with Crippen LogP contribution in [-0.2, 0) is 4.79 Å². The maximum absolute atomic E-state index is 14.0. The standard InChI is InChI=1S/C22H20FNO4/c23-14-3-1-2-13(10-14)21-15-11-19-20(28-9-8-27-19)12-17(15)24(6-7-25)16-4-5-18(26)22(16)21/h1-3,10-12,21,25H,4-9H2. The normalized spacial score (nSPS) is 20.3. The highest BCUT2D eigenvalue weighted by Gasteiger charge is 2.41. The van der Waals surface area contributed by atoms with Crippen LogP contribution in [0.25, 0.3) is 0 Å². The van der Waals surface area contributed by atoms with E-state index in [0.29, 0.717) is 49.7 Å². The van der Waals surface area contributed by atoms with E-state index < -0.39 is 0 Å². The number of nitrogens with zero attached hydrogens (tertiary/aromatic N) is 1. The number of halogens is 1. The van der Waals surface area contributed by atoms with E-state index in [9.17, 15) is 14.3 Å². The summed E-state index contributed by atoms with van der Waals surface area (Å²) >= 11 is 0. The molecule has 0 aromatic heterocycles. The van der Waals surface area contributed by atoms with Crippen LogP contribution in [0, 0.1) is 5.82 Å². The van der Waals surface area contributed by atoms with Crippen molar-refractivity contribution in [1.29, 1.82) is 0 Å². The highest BCUT2D eigenvalue weighted by atomic mass is 19.1. The van der Waals surface area contributed by atoms with Crippen molar-refractivity contribution in [3.8, 4) is 11.5 Å². The largest absolute Gasteiger partial charge is 0.486 e. The van der Waals surface area contributed by atoms with Crippen molar-refractivity contribution in [2.75, 3.05) is 31.3 Å². The SMILES string of the molecule is O=C1CCC2=C1C(c1cccc(F)c1)c1cc3c(cc1N2CCO)OCCO3. The lowest BCUT2D eigenvalue weighted by molar-refractivity contribution is -0.115. The first-order valence-electron chi connectivity index (χ1n) is 9.51. The van der Waals surface area contributed by atoms with Crippen LogP contribution in [0.1, 0.15) is 29.9 Å². The number of carbonyl (C=O) groups excluding carboxylic acids is 1. The average Bonchev–Trinajstić information content (AvgIpc) is 3.08. The molecule has 2 aromatic carbocycles. The van der Waals surface area contributed by atoms with E-state index in [-0.39, 0.29) is 24.1 Å². The van der Waals surface area contributed by atoms with E-state index >= 15 is 0 Å². The number of rotatable bonds is 3. The van der Waals surface area contributed by atoms with E-state index in [1.165, 1.54) is 12.1 Å². The summed E-state index contributed by atoms with van der Waals surface area (Å²) in [7, 11) is 0. The highest BCUT2D eigenvalue weighted by molar-refractivity contribution is 6.03. The van der Waals surface area contributed by atoms with Gasteiger partial charge in [0.2, 0.25) is 0 Å². The van der Waals surface area contributed by atoms with Crippen LogP contribution in [0.2, 0.25) is 0 Å². The van der Waals surface area contributed by atoms with Gasteiger partial charge in [0.15, 0.2) is 17.3 Å². The fourth-order valence-electron chi connectivity index (χ4n) is 4.52. The number of aliphatic hydroxyl groups is 1. The van der Waals surface area contributed by atoms with Crippen LogP contribution in [0.4, 0.5) is 10.1 Å². The van der Waals surface area contributed by atoms with Gasteiger partial charge in [0, 0.05) is 41.9 Å². The minimum Gasteiger partial charge on any atom is -0.486 e. The Labute approximate surface area is 162 Å². The zero-order valence-electron chi connectivity index (χ0n) is 15.3. The molecular weight excluding hydrogens is 361 g/mol. The van der Waals surface area contributed by atoms with Gasteiger partial charge in [-0.2, -0.15) is 0 Å². The molecule has 2 heterocycles. The Hall–Kier alpha value is -2.86.